The maximum atomic E-state index is 11.8. The molecule has 0 bridgehead atoms. The Kier molecular flexibility index (Phi) is 15.5. The standard InChI is InChI=1S/C20H21N3O3.C10H16BNO5.C10H7BrN2/c1-20(2,3)26-19(24)23-12-15-6-7-18(25-15)17-13-22-10-8-16(17)14-5-4-9-21-11-14;1-10(2,3)17-9(13)12-6-7-4-5-8(16-7)11(14)15;11-10-7-13-5-3-9(10)8-2-1-4-12-6-8/h4-11,13H,12H2,1-3H3,(H,23,24);4-5,14-15H,6H2,1-3H3,(H,12,13);1-7H. The van der Waals surface area contributed by atoms with Gasteiger partial charge in [-0.3, -0.25) is 19.9 Å². The summed E-state index contributed by atoms with van der Waals surface area (Å²) in [6.45, 7) is 11.1. The minimum atomic E-state index is -1.65. The zero-order chi connectivity index (χ0) is 40.7. The van der Waals surface area contributed by atoms with Crippen LogP contribution in [0.1, 0.15) is 53.1 Å². The Morgan fingerprint density at radius 2 is 1.14 bits per heavy atom. The summed E-state index contributed by atoms with van der Waals surface area (Å²) in [5.74, 6) is 1.73. The van der Waals surface area contributed by atoms with Crippen molar-refractivity contribution in [3.63, 3.8) is 0 Å². The number of furan rings is 2. The van der Waals surface area contributed by atoms with E-state index in [2.05, 4.69) is 46.5 Å². The number of hydrogen-bond donors (Lipinski definition) is 4. The highest BCUT2D eigenvalue weighted by Crippen LogP contribution is 2.32. The van der Waals surface area contributed by atoms with E-state index in [1.165, 1.54) is 6.07 Å². The largest absolute Gasteiger partial charge is 0.526 e. The monoisotopic (exact) mass is 826 g/mol. The second-order valence-electron chi connectivity index (χ2n) is 13.9. The molecule has 0 aliphatic rings. The van der Waals surface area contributed by atoms with Gasteiger partial charge in [-0.25, -0.2) is 9.59 Å². The summed E-state index contributed by atoms with van der Waals surface area (Å²) in [6, 6.07) is 18.4. The van der Waals surface area contributed by atoms with Gasteiger partial charge in [0.2, 0.25) is 0 Å². The lowest BCUT2D eigenvalue weighted by Crippen LogP contribution is -2.32. The van der Waals surface area contributed by atoms with Gasteiger partial charge in [-0.1, -0.05) is 12.1 Å². The smallest absolute Gasteiger partial charge is 0.468 e. The van der Waals surface area contributed by atoms with E-state index in [-0.39, 0.29) is 18.7 Å². The van der Waals surface area contributed by atoms with E-state index in [4.69, 9.17) is 28.4 Å². The van der Waals surface area contributed by atoms with Crippen LogP contribution in [-0.2, 0) is 22.6 Å². The highest BCUT2D eigenvalue weighted by atomic mass is 79.9. The van der Waals surface area contributed by atoms with Crippen molar-refractivity contribution in [1.29, 1.82) is 0 Å². The first kappa shape index (κ1) is 42.9. The normalized spacial score (nSPS) is 10.9. The SMILES string of the molecule is Brc1cnccc1-c1cccnc1.CC(C)(C)OC(=O)NCc1ccc(-c2cnccc2-c2cccnc2)o1.CC(C)(C)OC(=O)NCc1ccc(B(O)O)o1. The van der Waals surface area contributed by atoms with Gasteiger partial charge in [0.15, 0.2) is 0 Å². The minimum absolute atomic E-state index is 0.0333. The Bertz CT molecular complexity index is 2130. The van der Waals surface area contributed by atoms with Gasteiger partial charge in [0, 0.05) is 76.3 Å². The topological polar surface area (TPSA) is 195 Å². The average molecular weight is 828 g/mol. The molecule has 16 heteroatoms. The quantitative estimate of drug-likeness (QED) is 0.112. The molecular formula is C40H44BBrN6O8. The van der Waals surface area contributed by atoms with Crippen molar-refractivity contribution in [2.75, 3.05) is 0 Å². The fraction of sp³-hybridized carbons (Fsp3) is 0.250. The molecule has 292 valence electrons. The summed E-state index contributed by atoms with van der Waals surface area (Å²) < 4.78 is 22.2. The number of halogens is 1. The summed E-state index contributed by atoms with van der Waals surface area (Å²) in [6.07, 6.45) is 13.1. The van der Waals surface area contributed by atoms with Crippen LogP contribution in [0.4, 0.5) is 9.59 Å². The van der Waals surface area contributed by atoms with Crippen LogP contribution in [-0.4, -0.2) is 60.5 Å². The molecule has 6 rings (SSSR count). The first-order valence-corrected chi connectivity index (χ1v) is 18.2. The van der Waals surface area contributed by atoms with Gasteiger partial charge in [-0.2, -0.15) is 0 Å². The van der Waals surface area contributed by atoms with Gasteiger partial charge in [-0.15, -0.1) is 0 Å². The highest BCUT2D eigenvalue weighted by Gasteiger charge is 2.19. The predicted molar refractivity (Wildman–Crippen MR) is 215 cm³/mol. The summed E-state index contributed by atoms with van der Waals surface area (Å²) in [7, 11) is -1.65. The third kappa shape index (κ3) is 14.4. The molecule has 0 aliphatic carbocycles. The van der Waals surface area contributed by atoms with Crippen molar-refractivity contribution < 1.29 is 37.9 Å². The van der Waals surface area contributed by atoms with Gasteiger partial charge >= 0.3 is 19.3 Å². The number of carbonyl (C=O) groups is 2. The van der Waals surface area contributed by atoms with E-state index < -0.39 is 30.5 Å². The summed E-state index contributed by atoms with van der Waals surface area (Å²) in [5.41, 5.74) is 3.98. The lowest BCUT2D eigenvalue weighted by molar-refractivity contribution is 0.0509. The Hall–Kier alpha value is -5.84. The summed E-state index contributed by atoms with van der Waals surface area (Å²) in [4.78, 5) is 39.5. The van der Waals surface area contributed by atoms with Crippen molar-refractivity contribution in [1.82, 2.24) is 30.6 Å². The van der Waals surface area contributed by atoms with E-state index in [0.29, 0.717) is 17.3 Å². The van der Waals surface area contributed by atoms with Crippen LogP contribution in [0, 0.1) is 0 Å². The molecule has 2 amide bonds. The minimum Gasteiger partial charge on any atom is -0.468 e. The number of nitrogens with zero attached hydrogens (tertiary/aromatic N) is 4. The number of rotatable bonds is 8. The van der Waals surface area contributed by atoms with Crippen LogP contribution in [0.3, 0.4) is 0 Å². The number of alkyl carbamates (subject to hydrolysis) is 2. The van der Waals surface area contributed by atoms with Crippen LogP contribution in [0.15, 0.2) is 124 Å². The Balaban J connectivity index is 0.000000200. The Morgan fingerprint density at radius 1 is 0.643 bits per heavy atom. The predicted octanol–water partition coefficient (Wildman–Crippen LogP) is 7.32. The highest BCUT2D eigenvalue weighted by molar-refractivity contribution is 9.10. The summed E-state index contributed by atoms with van der Waals surface area (Å²) >= 11 is 3.44. The number of aromatic nitrogens is 4. The molecule has 0 unspecified atom stereocenters. The van der Waals surface area contributed by atoms with Crippen LogP contribution >= 0.6 is 15.9 Å². The summed E-state index contributed by atoms with van der Waals surface area (Å²) in [5, 5.41) is 22.8. The van der Waals surface area contributed by atoms with E-state index in [0.717, 1.165) is 32.3 Å². The molecule has 14 nitrogen and oxygen atoms in total. The lowest BCUT2D eigenvalue weighted by Gasteiger charge is -2.19. The lowest BCUT2D eigenvalue weighted by atomic mass is 9.88. The maximum Gasteiger partial charge on any atom is 0.526 e. The number of hydrogen-bond acceptors (Lipinski definition) is 12. The molecule has 0 saturated carbocycles. The number of ether oxygens (including phenoxy) is 2. The molecule has 0 saturated heterocycles. The second-order valence-corrected chi connectivity index (χ2v) is 14.8. The van der Waals surface area contributed by atoms with Crippen molar-refractivity contribution in [2.24, 2.45) is 0 Å². The molecule has 56 heavy (non-hydrogen) atoms. The van der Waals surface area contributed by atoms with Crippen LogP contribution in [0.25, 0.3) is 33.6 Å². The Labute approximate surface area is 334 Å². The number of amides is 2. The fourth-order valence-electron chi connectivity index (χ4n) is 4.69. The molecule has 0 atom stereocenters. The van der Waals surface area contributed by atoms with Crippen molar-refractivity contribution in [2.45, 2.75) is 65.8 Å². The zero-order valence-corrected chi connectivity index (χ0v) is 33.5. The van der Waals surface area contributed by atoms with E-state index in [1.54, 1.807) is 70.2 Å². The fourth-order valence-corrected chi connectivity index (χ4v) is 5.17. The maximum absolute atomic E-state index is 11.8. The molecule has 6 aromatic heterocycles. The van der Waals surface area contributed by atoms with Gasteiger partial charge in [0.1, 0.15) is 34.1 Å². The third-order valence-electron chi connectivity index (χ3n) is 7.01. The number of pyridine rings is 4. The van der Waals surface area contributed by atoms with Crippen molar-refractivity contribution in [3.05, 3.63) is 126 Å². The van der Waals surface area contributed by atoms with Crippen LogP contribution in [0.5, 0.6) is 0 Å². The van der Waals surface area contributed by atoms with E-state index in [1.807, 2.05) is 75.5 Å². The third-order valence-corrected chi connectivity index (χ3v) is 7.65. The molecule has 6 aromatic rings. The van der Waals surface area contributed by atoms with Gasteiger partial charge in [0.05, 0.1) is 13.1 Å². The van der Waals surface area contributed by atoms with Crippen molar-refractivity contribution in [3.8, 4) is 33.6 Å². The molecule has 0 fully saturated rings. The molecule has 0 aromatic carbocycles. The molecule has 0 radical (unpaired) electrons. The Morgan fingerprint density at radius 3 is 1.64 bits per heavy atom. The molecule has 6 heterocycles. The van der Waals surface area contributed by atoms with Crippen LogP contribution in [0.2, 0.25) is 0 Å². The van der Waals surface area contributed by atoms with Gasteiger partial charge in [-0.05, 0) is 112 Å². The van der Waals surface area contributed by atoms with Gasteiger partial charge in [0.25, 0.3) is 0 Å². The number of carbonyl (C=O) groups excluding carboxylic acids is 2. The first-order chi connectivity index (χ1) is 26.6. The van der Waals surface area contributed by atoms with E-state index in [9.17, 15) is 9.59 Å². The van der Waals surface area contributed by atoms with Crippen LogP contribution < -0.4 is 16.3 Å². The molecule has 0 aliphatic heterocycles. The van der Waals surface area contributed by atoms with Gasteiger partial charge < -0.3 is 39.0 Å². The van der Waals surface area contributed by atoms with E-state index >= 15 is 0 Å². The molecule has 4 N–H and O–H groups in total. The average Bonchev–Trinajstić information content (AvgIpc) is 3.84. The zero-order valence-electron chi connectivity index (χ0n) is 31.9. The molecule has 0 spiro atoms. The number of nitrogens with one attached hydrogen (secondary N) is 2. The first-order valence-electron chi connectivity index (χ1n) is 17.4. The second kappa shape index (κ2) is 20.2. The molecular weight excluding hydrogens is 783 g/mol. The van der Waals surface area contributed by atoms with Crippen molar-refractivity contribution >= 4 is 40.9 Å².